The van der Waals surface area contributed by atoms with E-state index < -0.39 is 0 Å². The minimum atomic E-state index is 0.785. The highest BCUT2D eigenvalue weighted by Gasteiger charge is 2.29. The average molecular weight is 384 g/mol. The SMILES string of the molecule is c1cc(C2CCC(C3CCCCC3)CC2)ccc1OCCCN1CCCCC1. The number of ether oxygens (including phenoxy) is 1. The van der Waals surface area contributed by atoms with Crippen LogP contribution in [0.2, 0.25) is 0 Å². The molecule has 0 spiro atoms. The minimum Gasteiger partial charge on any atom is -0.494 e. The molecule has 0 N–H and O–H groups in total. The summed E-state index contributed by atoms with van der Waals surface area (Å²) in [4.78, 5) is 2.60. The zero-order valence-electron chi connectivity index (χ0n) is 17.9. The first-order valence-corrected chi connectivity index (χ1v) is 12.3. The molecule has 0 aromatic heterocycles. The van der Waals surface area contributed by atoms with Gasteiger partial charge in [0.15, 0.2) is 0 Å². The van der Waals surface area contributed by atoms with Gasteiger partial charge in [0.2, 0.25) is 0 Å². The fraction of sp³-hybridized carbons (Fsp3) is 0.769. The van der Waals surface area contributed by atoms with Crippen LogP contribution in [0.25, 0.3) is 0 Å². The van der Waals surface area contributed by atoms with E-state index in [1.54, 1.807) is 5.56 Å². The van der Waals surface area contributed by atoms with E-state index >= 15 is 0 Å². The quantitative estimate of drug-likeness (QED) is 0.480. The van der Waals surface area contributed by atoms with Crippen LogP contribution in [0.5, 0.6) is 5.75 Å². The van der Waals surface area contributed by atoms with E-state index in [2.05, 4.69) is 29.2 Å². The Labute approximate surface area is 173 Å². The summed E-state index contributed by atoms with van der Waals surface area (Å²) in [7, 11) is 0. The van der Waals surface area contributed by atoms with Crippen molar-refractivity contribution in [2.75, 3.05) is 26.2 Å². The molecule has 1 saturated heterocycles. The molecule has 0 unspecified atom stereocenters. The normalized spacial score (nSPS) is 27.6. The molecule has 2 aliphatic carbocycles. The summed E-state index contributed by atoms with van der Waals surface area (Å²) in [5, 5.41) is 0. The Kier molecular flexibility index (Phi) is 7.72. The Morgan fingerprint density at radius 3 is 2.07 bits per heavy atom. The van der Waals surface area contributed by atoms with E-state index in [1.807, 2.05) is 0 Å². The van der Waals surface area contributed by atoms with Crippen LogP contribution >= 0.6 is 0 Å². The lowest BCUT2D eigenvalue weighted by Crippen LogP contribution is -2.31. The van der Waals surface area contributed by atoms with Crippen LogP contribution in [0, 0.1) is 11.8 Å². The molecule has 28 heavy (non-hydrogen) atoms. The maximum Gasteiger partial charge on any atom is 0.119 e. The number of rotatable bonds is 7. The Bertz CT molecular complexity index is 548. The van der Waals surface area contributed by atoms with Crippen LogP contribution in [-0.2, 0) is 0 Å². The summed E-state index contributed by atoms with van der Waals surface area (Å²) in [6.07, 6.45) is 18.5. The van der Waals surface area contributed by atoms with Crippen molar-refractivity contribution < 1.29 is 4.74 Å². The molecule has 2 nitrogen and oxygen atoms in total. The fourth-order valence-electron chi connectivity index (χ4n) is 6.03. The zero-order valence-corrected chi connectivity index (χ0v) is 17.9. The van der Waals surface area contributed by atoms with Crippen LogP contribution in [0.1, 0.15) is 95.0 Å². The molecule has 4 rings (SSSR count). The van der Waals surface area contributed by atoms with Gasteiger partial charge in [0, 0.05) is 6.54 Å². The molecular weight excluding hydrogens is 342 g/mol. The predicted molar refractivity (Wildman–Crippen MR) is 118 cm³/mol. The molecule has 2 heteroatoms. The number of hydrogen-bond donors (Lipinski definition) is 0. The summed E-state index contributed by atoms with van der Waals surface area (Å²) >= 11 is 0. The van der Waals surface area contributed by atoms with Crippen LogP contribution < -0.4 is 4.74 Å². The Hall–Kier alpha value is -1.02. The number of hydrogen-bond acceptors (Lipinski definition) is 2. The highest BCUT2D eigenvalue weighted by Crippen LogP contribution is 2.43. The van der Waals surface area contributed by atoms with Crippen LogP contribution in [0.3, 0.4) is 0 Å². The highest BCUT2D eigenvalue weighted by atomic mass is 16.5. The smallest absolute Gasteiger partial charge is 0.119 e. The maximum absolute atomic E-state index is 6.01. The summed E-state index contributed by atoms with van der Waals surface area (Å²) in [5.74, 6) is 3.92. The number of nitrogens with zero attached hydrogens (tertiary/aromatic N) is 1. The predicted octanol–water partition coefficient (Wildman–Crippen LogP) is 6.80. The summed E-state index contributed by atoms with van der Waals surface area (Å²) in [6.45, 7) is 4.63. The van der Waals surface area contributed by atoms with Crippen LogP contribution in [0.4, 0.5) is 0 Å². The van der Waals surface area contributed by atoms with Gasteiger partial charge in [-0.2, -0.15) is 0 Å². The van der Waals surface area contributed by atoms with Crippen molar-refractivity contribution in [3.63, 3.8) is 0 Å². The fourth-order valence-corrected chi connectivity index (χ4v) is 6.03. The minimum absolute atomic E-state index is 0.785. The van der Waals surface area contributed by atoms with Gasteiger partial charge in [-0.15, -0.1) is 0 Å². The van der Waals surface area contributed by atoms with Gasteiger partial charge in [0.25, 0.3) is 0 Å². The molecule has 1 aromatic carbocycles. The maximum atomic E-state index is 6.01. The second-order valence-electron chi connectivity index (χ2n) is 9.68. The van der Waals surface area contributed by atoms with Crippen molar-refractivity contribution in [3.05, 3.63) is 29.8 Å². The molecule has 1 aliphatic heterocycles. The van der Waals surface area contributed by atoms with Crippen molar-refractivity contribution in [1.82, 2.24) is 4.90 Å². The van der Waals surface area contributed by atoms with Gasteiger partial charge in [0.05, 0.1) is 6.61 Å². The first-order valence-electron chi connectivity index (χ1n) is 12.3. The number of piperidine rings is 1. The largest absolute Gasteiger partial charge is 0.494 e. The van der Waals surface area contributed by atoms with Gasteiger partial charge in [-0.05, 0) is 93.5 Å². The third-order valence-electron chi connectivity index (χ3n) is 7.78. The van der Waals surface area contributed by atoms with Gasteiger partial charge in [-0.25, -0.2) is 0 Å². The molecule has 0 bridgehead atoms. The summed E-state index contributed by atoms with van der Waals surface area (Å²) in [6, 6.07) is 9.10. The monoisotopic (exact) mass is 383 g/mol. The van der Waals surface area contributed by atoms with E-state index in [4.69, 9.17) is 4.74 Å². The van der Waals surface area contributed by atoms with E-state index in [0.29, 0.717) is 0 Å². The first kappa shape index (κ1) is 20.3. The van der Waals surface area contributed by atoms with Crippen molar-refractivity contribution in [1.29, 1.82) is 0 Å². The molecule has 3 fully saturated rings. The second kappa shape index (κ2) is 10.7. The Morgan fingerprint density at radius 1 is 0.714 bits per heavy atom. The molecule has 0 atom stereocenters. The average Bonchev–Trinajstić information content (AvgIpc) is 2.79. The summed E-state index contributed by atoms with van der Waals surface area (Å²) in [5.41, 5.74) is 1.54. The van der Waals surface area contributed by atoms with E-state index in [-0.39, 0.29) is 0 Å². The molecule has 156 valence electrons. The lowest BCUT2D eigenvalue weighted by atomic mass is 9.70. The molecule has 1 heterocycles. The van der Waals surface area contributed by atoms with Gasteiger partial charge in [-0.1, -0.05) is 50.7 Å². The van der Waals surface area contributed by atoms with Crippen molar-refractivity contribution in [2.45, 2.75) is 89.4 Å². The van der Waals surface area contributed by atoms with Crippen LogP contribution in [-0.4, -0.2) is 31.1 Å². The van der Waals surface area contributed by atoms with Crippen LogP contribution in [0.15, 0.2) is 24.3 Å². The molecule has 1 aromatic rings. The Balaban J connectivity index is 1.16. The van der Waals surface area contributed by atoms with Gasteiger partial charge < -0.3 is 9.64 Å². The van der Waals surface area contributed by atoms with Crippen molar-refractivity contribution >= 4 is 0 Å². The zero-order chi connectivity index (χ0) is 19.0. The number of likely N-dealkylation sites (tertiary alicyclic amines) is 1. The van der Waals surface area contributed by atoms with Gasteiger partial charge in [0.1, 0.15) is 5.75 Å². The second-order valence-corrected chi connectivity index (χ2v) is 9.68. The summed E-state index contributed by atoms with van der Waals surface area (Å²) < 4.78 is 6.01. The molecule has 0 amide bonds. The molecule has 0 radical (unpaired) electrons. The Morgan fingerprint density at radius 2 is 1.36 bits per heavy atom. The molecular formula is C26H41NO. The lowest BCUT2D eigenvalue weighted by Gasteiger charge is -2.36. The van der Waals surface area contributed by atoms with Crippen molar-refractivity contribution in [3.8, 4) is 5.75 Å². The van der Waals surface area contributed by atoms with E-state index in [0.717, 1.165) is 36.5 Å². The first-order chi connectivity index (χ1) is 13.9. The number of benzene rings is 1. The van der Waals surface area contributed by atoms with E-state index in [1.165, 1.54) is 96.7 Å². The third kappa shape index (κ3) is 5.75. The topological polar surface area (TPSA) is 12.5 Å². The lowest BCUT2D eigenvalue weighted by molar-refractivity contribution is 0.186. The van der Waals surface area contributed by atoms with Gasteiger partial charge in [-0.3, -0.25) is 0 Å². The standard InChI is InChI=1S/C26H41NO/c1-3-8-22(9-4-1)23-10-12-24(13-11-23)25-14-16-26(17-15-25)28-21-7-20-27-18-5-2-6-19-27/h14-17,22-24H,1-13,18-21H2. The molecule has 2 saturated carbocycles. The highest BCUT2D eigenvalue weighted by molar-refractivity contribution is 5.29. The van der Waals surface area contributed by atoms with Gasteiger partial charge >= 0.3 is 0 Å². The third-order valence-corrected chi connectivity index (χ3v) is 7.78. The van der Waals surface area contributed by atoms with E-state index in [9.17, 15) is 0 Å². The van der Waals surface area contributed by atoms with Crippen molar-refractivity contribution in [2.24, 2.45) is 11.8 Å². The molecule has 3 aliphatic rings.